The smallest absolute Gasteiger partial charge is 0.494 e. The molecule has 0 aliphatic carbocycles. The Morgan fingerprint density at radius 1 is 1.12 bits per heavy atom. The first-order valence-corrected chi connectivity index (χ1v) is 6.94. The third kappa shape index (κ3) is 5.26. The topological polar surface area (TPSA) is 103 Å². The predicted molar refractivity (Wildman–Crippen MR) is 85.4 cm³/mol. The Labute approximate surface area is 144 Å². The van der Waals surface area contributed by atoms with Crippen LogP contribution in [0.15, 0.2) is 42.5 Å². The molecule has 26 heavy (non-hydrogen) atoms. The SMILES string of the molecule is COc1cc([N+](=O)[O-])ccc1NC(=O)Nc1ccc(OC(F)(F)F)cc1. The number of nitrogens with one attached hydrogen (secondary N) is 2. The van der Waals surface area contributed by atoms with Crippen molar-refractivity contribution in [2.45, 2.75) is 6.36 Å². The molecule has 0 saturated heterocycles. The molecule has 2 amide bonds. The number of non-ortho nitro benzene ring substituents is 1. The fourth-order valence-electron chi connectivity index (χ4n) is 1.92. The molecule has 0 heterocycles. The van der Waals surface area contributed by atoms with E-state index in [1.807, 2.05) is 0 Å². The number of ether oxygens (including phenoxy) is 2. The van der Waals surface area contributed by atoms with Gasteiger partial charge < -0.3 is 20.1 Å². The minimum absolute atomic E-state index is 0.0725. The summed E-state index contributed by atoms with van der Waals surface area (Å²) in [6.07, 6.45) is -4.81. The zero-order valence-corrected chi connectivity index (χ0v) is 13.2. The van der Waals surface area contributed by atoms with E-state index in [-0.39, 0.29) is 22.8 Å². The number of urea groups is 1. The van der Waals surface area contributed by atoms with Gasteiger partial charge in [0.2, 0.25) is 0 Å². The molecule has 0 saturated carbocycles. The number of methoxy groups -OCH3 is 1. The van der Waals surface area contributed by atoms with E-state index in [1.54, 1.807) is 0 Å². The zero-order valence-electron chi connectivity index (χ0n) is 13.2. The van der Waals surface area contributed by atoms with Crippen LogP contribution in [0.2, 0.25) is 0 Å². The van der Waals surface area contributed by atoms with Crippen molar-refractivity contribution >= 4 is 23.1 Å². The van der Waals surface area contributed by atoms with Crippen molar-refractivity contribution in [2.75, 3.05) is 17.7 Å². The Morgan fingerprint density at radius 2 is 1.77 bits per heavy atom. The zero-order chi connectivity index (χ0) is 19.3. The lowest BCUT2D eigenvalue weighted by Crippen LogP contribution is -2.20. The van der Waals surface area contributed by atoms with Gasteiger partial charge >= 0.3 is 12.4 Å². The standard InChI is InChI=1S/C15H12F3N3O5/c1-25-13-8-10(21(23)24)4-7-12(13)20-14(22)19-9-2-5-11(6-3-9)26-15(16,17)18/h2-8H,1H3,(H2,19,20,22). The number of amides is 2. The van der Waals surface area contributed by atoms with E-state index in [2.05, 4.69) is 15.4 Å². The summed E-state index contributed by atoms with van der Waals surface area (Å²) < 4.78 is 45.0. The van der Waals surface area contributed by atoms with Crippen LogP contribution in [0.3, 0.4) is 0 Å². The first kappa shape index (κ1) is 18.8. The van der Waals surface area contributed by atoms with E-state index in [0.717, 1.165) is 18.2 Å². The van der Waals surface area contributed by atoms with Crippen LogP contribution in [0, 0.1) is 10.1 Å². The minimum atomic E-state index is -4.81. The molecule has 0 aromatic heterocycles. The molecule has 0 spiro atoms. The van der Waals surface area contributed by atoms with Gasteiger partial charge in [-0.3, -0.25) is 10.1 Å². The molecule has 11 heteroatoms. The summed E-state index contributed by atoms with van der Waals surface area (Å²) in [4.78, 5) is 22.1. The lowest BCUT2D eigenvalue weighted by Gasteiger charge is -2.12. The van der Waals surface area contributed by atoms with Gasteiger partial charge in [-0.1, -0.05) is 0 Å². The molecule has 2 N–H and O–H groups in total. The van der Waals surface area contributed by atoms with E-state index in [0.29, 0.717) is 0 Å². The van der Waals surface area contributed by atoms with Gasteiger partial charge in [0.15, 0.2) is 0 Å². The van der Waals surface area contributed by atoms with E-state index in [1.165, 1.54) is 31.4 Å². The van der Waals surface area contributed by atoms with Crippen LogP contribution < -0.4 is 20.1 Å². The van der Waals surface area contributed by atoms with Crippen molar-refractivity contribution in [3.05, 3.63) is 52.6 Å². The molecule has 0 fully saturated rings. The van der Waals surface area contributed by atoms with E-state index in [4.69, 9.17) is 4.74 Å². The Morgan fingerprint density at radius 3 is 2.31 bits per heavy atom. The van der Waals surface area contributed by atoms with Gasteiger partial charge in [-0.25, -0.2) is 4.79 Å². The Bertz CT molecular complexity index is 809. The molecule has 2 aromatic rings. The summed E-state index contributed by atoms with van der Waals surface area (Å²) in [6, 6.07) is 7.39. The molecule has 2 rings (SSSR count). The second-order valence-corrected chi connectivity index (χ2v) is 4.79. The van der Waals surface area contributed by atoms with Crippen LogP contribution in [-0.2, 0) is 0 Å². The third-order valence-corrected chi connectivity index (χ3v) is 2.99. The Balaban J connectivity index is 2.03. The van der Waals surface area contributed by atoms with Crippen molar-refractivity contribution in [2.24, 2.45) is 0 Å². The van der Waals surface area contributed by atoms with Gasteiger partial charge in [0, 0.05) is 11.8 Å². The minimum Gasteiger partial charge on any atom is -0.494 e. The second-order valence-electron chi connectivity index (χ2n) is 4.79. The van der Waals surface area contributed by atoms with Crippen LogP contribution in [-0.4, -0.2) is 24.4 Å². The van der Waals surface area contributed by atoms with Crippen molar-refractivity contribution in [3.63, 3.8) is 0 Å². The third-order valence-electron chi connectivity index (χ3n) is 2.99. The number of carbonyl (C=O) groups is 1. The van der Waals surface area contributed by atoms with E-state index in [9.17, 15) is 28.1 Å². The summed E-state index contributed by atoms with van der Waals surface area (Å²) in [5.74, 6) is -0.358. The van der Waals surface area contributed by atoms with E-state index < -0.39 is 23.1 Å². The summed E-state index contributed by atoms with van der Waals surface area (Å²) >= 11 is 0. The molecular weight excluding hydrogens is 359 g/mol. The second kappa shape index (κ2) is 7.59. The van der Waals surface area contributed by atoms with Crippen LogP contribution in [0.5, 0.6) is 11.5 Å². The van der Waals surface area contributed by atoms with Crippen LogP contribution >= 0.6 is 0 Å². The van der Waals surface area contributed by atoms with Gasteiger partial charge in [-0.2, -0.15) is 0 Å². The number of halogens is 3. The summed E-state index contributed by atoms with van der Waals surface area (Å²) in [5.41, 5.74) is 0.165. The maximum atomic E-state index is 12.1. The molecule has 0 atom stereocenters. The van der Waals surface area contributed by atoms with Crippen LogP contribution in [0.1, 0.15) is 0 Å². The summed E-state index contributed by atoms with van der Waals surface area (Å²) in [5, 5.41) is 15.5. The maximum Gasteiger partial charge on any atom is 0.573 e. The van der Waals surface area contributed by atoms with Gasteiger partial charge in [-0.05, 0) is 30.3 Å². The Kier molecular flexibility index (Phi) is 5.50. The lowest BCUT2D eigenvalue weighted by atomic mass is 10.2. The van der Waals surface area contributed by atoms with Gasteiger partial charge in [0.25, 0.3) is 5.69 Å². The number of hydrogen-bond acceptors (Lipinski definition) is 5. The lowest BCUT2D eigenvalue weighted by molar-refractivity contribution is -0.384. The highest BCUT2D eigenvalue weighted by Gasteiger charge is 2.30. The highest BCUT2D eigenvalue weighted by Crippen LogP contribution is 2.29. The molecule has 0 aliphatic rings. The highest BCUT2D eigenvalue weighted by atomic mass is 19.4. The van der Waals surface area contributed by atoms with Crippen LogP contribution in [0.4, 0.5) is 35.0 Å². The summed E-state index contributed by atoms with van der Waals surface area (Å²) in [6.45, 7) is 0. The number of nitro groups is 1. The average Bonchev–Trinajstić information content (AvgIpc) is 2.55. The number of anilines is 2. The van der Waals surface area contributed by atoms with Crippen molar-refractivity contribution in [1.82, 2.24) is 0 Å². The van der Waals surface area contributed by atoms with Gasteiger partial charge in [-0.15, -0.1) is 13.2 Å². The van der Waals surface area contributed by atoms with Gasteiger partial charge in [0.05, 0.1) is 23.8 Å². The highest BCUT2D eigenvalue weighted by molar-refractivity contribution is 6.00. The van der Waals surface area contributed by atoms with Crippen LogP contribution in [0.25, 0.3) is 0 Å². The molecule has 0 radical (unpaired) electrons. The number of benzene rings is 2. The van der Waals surface area contributed by atoms with Crippen molar-refractivity contribution < 1.29 is 32.4 Å². The predicted octanol–water partition coefficient (Wildman–Crippen LogP) is 4.15. The molecule has 0 unspecified atom stereocenters. The van der Waals surface area contributed by atoms with Crippen molar-refractivity contribution in [1.29, 1.82) is 0 Å². The number of rotatable bonds is 5. The Hall–Kier alpha value is -3.50. The fourth-order valence-corrected chi connectivity index (χ4v) is 1.92. The molecule has 8 nitrogen and oxygen atoms in total. The number of nitro benzene ring substituents is 1. The largest absolute Gasteiger partial charge is 0.573 e. The first-order valence-electron chi connectivity index (χ1n) is 6.94. The number of nitrogens with zero attached hydrogens (tertiary/aromatic N) is 1. The fraction of sp³-hybridized carbons (Fsp3) is 0.133. The first-order chi connectivity index (χ1) is 12.2. The molecular formula is C15H12F3N3O5. The number of alkyl halides is 3. The maximum absolute atomic E-state index is 12.1. The molecule has 0 aliphatic heterocycles. The summed E-state index contributed by atoms with van der Waals surface area (Å²) in [7, 11) is 1.28. The monoisotopic (exact) mass is 371 g/mol. The van der Waals surface area contributed by atoms with Gasteiger partial charge in [0.1, 0.15) is 11.5 Å². The normalized spacial score (nSPS) is 10.8. The number of hydrogen-bond donors (Lipinski definition) is 2. The van der Waals surface area contributed by atoms with Crippen molar-refractivity contribution in [3.8, 4) is 11.5 Å². The molecule has 0 bridgehead atoms. The molecule has 2 aromatic carbocycles. The molecule has 138 valence electrons. The number of carbonyl (C=O) groups excluding carboxylic acids is 1. The van der Waals surface area contributed by atoms with E-state index >= 15 is 0 Å². The average molecular weight is 371 g/mol. The quantitative estimate of drug-likeness (QED) is 0.607.